The first-order valence-corrected chi connectivity index (χ1v) is 7.01. The van der Waals surface area contributed by atoms with Gasteiger partial charge < -0.3 is 10.1 Å². The highest BCUT2D eigenvalue weighted by Gasteiger charge is 2.13. The minimum atomic E-state index is -0.195. The van der Waals surface area contributed by atoms with Gasteiger partial charge in [-0.15, -0.1) is 5.10 Å². The molecule has 7 heteroatoms. The first-order valence-electron chi connectivity index (χ1n) is 7.01. The molecule has 0 radical (unpaired) electrons. The third-order valence-corrected chi connectivity index (χ3v) is 3.33. The molecule has 0 fully saturated rings. The lowest BCUT2D eigenvalue weighted by atomic mass is 10.1. The number of para-hydroxylation sites is 1. The third kappa shape index (κ3) is 3.34. The first kappa shape index (κ1) is 14.7. The Bertz CT molecular complexity index is 802. The molecule has 0 atom stereocenters. The average molecular weight is 309 g/mol. The Kier molecular flexibility index (Phi) is 4.28. The van der Waals surface area contributed by atoms with Gasteiger partial charge >= 0.3 is 0 Å². The van der Waals surface area contributed by atoms with Gasteiger partial charge in [-0.25, -0.2) is 0 Å². The number of hydrogen-bond acceptors (Lipinski definition) is 5. The summed E-state index contributed by atoms with van der Waals surface area (Å²) in [6.45, 7) is 0.403. The van der Waals surface area contributed by atoms with E-state index in [-0.39, 0.29) is 5.91 Å². The van der Waals surface area contributed by atoms with Gasteiger partial charge in [-0.1, -0.05) is 24.3 Å². The van der Waals surface area contributed by atoms with E-state index in [0.717, 1.165) is 11.3 Å². The van der Waals surface area contributed by atoms with Gasteiger partial charge in [-0.2, -0.15) is 4.68 Å². The molecule has 0 saturated heterocycles. The topological polar surface area (TPSA) is 81.9 Å². The van der Waals surface area contributed by atoms with Crippen LogP contribution in [-0.4, -0.2) is 33.2 Å². The molecular weight excluding hydrogens is 294 g/mol. The van der Waals surface area contributed by atoms with Crippen LogP contribution in [0.2, 0.25) is 0 Å². The van der Waals surface area contributed by atoms with E-state index in [4.69, 9.17) is 4.74 Å². The molecule has 0 unspecified atom stereocenters. The van der Waals surface area contributed by atoms with Crippen LogP contribution in [0.3, 0.4) is 0 Å². The van der Waals surface area contributed by atoms with Gasteiger partial charge in [-0.05, 0) is 40.3 Å². The number of amides is 1. The zero-order valence-corrected chi connectivity index (χ0v) is 12.5. The summed E-state index contributed by atoms with van der Waals surface area (Å²) in [5, 5.41) is 13.9. The van der Waals surface area contributed by atoms with Crippen molar-refractivity contribution >= 4 is 5.91 Å². The molecule has 1 amide bonds. The second kappa shape index (κ2) is 6.69. The number of methoxy groups -OCH3 is 1. The molecule has 0 saturated carbocycles. The van der Waals surface area contributed by atoms with Crippen LogP contribution in [0.5, 0.6) is 5.75 Å². The highest BCUT2D eigenvalue weighted by molar-refractivity contribution is 5.97. The van der Waals surface area contributed by atoms with Crippen molar-refractivity contribution in [3.05, 3.63) is 66.0 Å². The predicted molar refractivity (Wildman–Crippen MR) is 83.3 cm³/mol. The van der Waals surface area contributed by atoms with E-state index in [1.54, 1.807) is 25.3 Å². The smallest absolute Gasteiger partial charge is 0.253 e. The number of aromatic nitrogens is 4. The van der Waals surface area contributed by atoms with Crippen molar-refractivity contribution in [2.75, 3.05) is 7.11 Å². The molecule has 0 aliphatic rings. The Labute approximate surface area is 132 Å². The fraction of sp³-hybridized carbons (Fsp3) is 0.125. The molecule has 116 valence electrons. The maximum absolute atomic E-state index is 12.5. The highest BCUT2D eigenvalue weighted by atomic mass is 16.5. The predicted octanol–water partition coefficient (Wildman–Crippen LogP) is 1.60. The molecule has 3 rings (SSSR count). The van der Waals surface area contributed by atoms with E-state index >= 15 is 0 Å². The summed E-state index contributed by atoms with van der Waals surface area (Å²) in [6, 6.07) is 14.7. The van der Waals surface area contributed by atoms with Crippen molar-refractivity contribution in [3.8, 4) is 11.4 Å². The Balaban J connectivity index is 1.76. The number of carbonyl (C=O) groups is 1. The number of hydrogen-bond donors (Lipinski definition) is 1. The summed E-state index contributed by atoms with van der Waals surface area (Å²) in [6.07, 6.45) is 1.45. The van der Waals surface area contributed by atoms with Crippen molar-refractivity contribution in [3.63, 3.8) is 0 Å². The molecule has 0 bridgehead atoms. The number of rotatable bonds is 5. The van der Waals surface area contributed by atoms with Crippen molar-refractivity contribution in [2.45, 2.75) is 6.54 Å². The monoisotopic (exact) mass is 309 g/mol. The first-order chi connectivity index (χ1) is 11.3. The molecule has 1 heterocycles. The maximum atomic E-state index is 12.5. The lowest BCUT2D eigenvalue weighted by Gasteiger charge is -2.10. The van der Waals surface area contributed by atoms with Crippen molar-refractivity contribution in [1.82, 2.24) is 25.5 Å². The van der Waals surface area contributed by atoms with Gasteiger partial charge in [0.05, 0.1) is 18.4 Å². The Morgan fingerprint density at radius 3 is 2.87 bits per heavy atom. The number of ether oxygens (including phenoxy) is 1. The van der Waals surface area contributed by atoms with Crippen LogP contribution in [0.1, 0.15) is 15.9 Å². The fourth-order valence-electron chi connectivity index (χ4n) is 2.20. The lowest BCUT2D eigenvalue weighted by molar-refractivity contribution is 0.0950. The number of nitrogens with zero attached hydrogens (tertiary/aromatic N) is 4. The number of carbonyl (C=O) groups excluding carboxylic acids is 1. The molecule has 2 aromatic carbocycles. The largest absolute Gasteiger partial charge is 0.497 e. The van der Waals surface area contributed by atoms with Gasteiger partial charge in [-0.3, -0.25) is 4.79 Å². The third-order valence-electron chi connectivity index (χ3n) is 3.33. The number of tetrazole rings is 1. The molecule has 1 aromatic heterocycles. The molecular formula is C16H15N5O2. The van der Waals surface area contributed by atoms with Gasteiger partial charge in [0.25, 0.3) is 5.91 Å². The van der Waals surface area contributed by atoms with Crippen LogP contribution in [0.25, 0.3) is 5.69 Å². The van der Waals surface area contributed by atoms with E-state index in [1.165, 1.54) is 11.0 Å². The summed E-state index contributed by atoms with van der Waals surface area (Å²) in [4.78, 5) is 12.5. The summed E-state index contributed by atoms with van der Waals surface area (Å²) >= 11 is 0. The van der Waals surface area contributed by atoms with Gasteiger partial charge in [0.15, 0.2) is 0 Å². The summed E-state index contributed by atoms with van der Waals surface area (Å²) in [5.41, 5.74) is 2.08. The van der Waals surface area contributed by atoms with Crippen LogP contribution in [0.15, 0.2) is 54.9 Å². The van der Waals surface area contributed by atoms with E-state index in [0.29, 0.717) is 17.8 Å². The van der Waals surface area contributed by atoms with E-state index in [1.807, 2.05) is 30.3 Å². The summed E-state index contributed by atoms with van der Waals surface area (Å²) in [7, 11) is 1.61. The molecule has 0 aliphatic carbocycles. The second-order valence-corrected chi connectivity index (χ2v) is 4.81. The van der Waals surface area contributed by atoms with E-state index in [9.17, 15) is 4.79 Å². The minimum Gasteiger partial charge on any atom is -0.497 e. The van der Waals surface area contributed by atoms with Gasteiger partial charge in [0.1, 0.15) is 12.1 Å². The Morgan fingerprint density at radius 1 is 1.22 bits per heavy atom. The van der Waals surface area contributed by atoms with Gasteiger partial charge in [0, 0.05) is 6.54 Å². The molecule has 0 spiro atoms. The molecule has 1 N–H and O–H groups in total. The van der Waals surface area contributed by atoms with Crippen LogP contribution < -0.4 is 10.1 Å². The average Bonchev–Trinajstić information content (AvgIpc) is 3.14. The van der Waals surface area contributed by atoms with Crippen LogP contribution in [0.4, 0.5) is 0 Å². The van der Waals surface area contributed by atoms with Crippen LogP contribution >= 0.6 is 0 Å². The lowest BCUT2D eigenvalue weighted by Crippen LogP contribution is -2.24. The second-order valence-electron chi connectivity index (χ2n) is 4.81. The molecule has 7 nitrogen and oxygen atoms in total. The quantitative estimate of drug-likeness (QED) is 0.774. The number of nitrogens with one attached hydrogen (secondary N) is 1. The molecule has 23 heavy (non-hydrogen) atoms. The highest BCUT2D eigenvalue weighted by Crippen LogP contribution is 2.14. The summed E-state index contributed by atoms with van der Waals surface area (Å²) < 4.78 is 6.63. The van der Waals surface area contributed by atoms with Crippen molar-refractivity contribution in [1.29, 1.82) is 0 Å². The zero-order valence-electron chi connectivity index (χ0n) is 12.5. The zero-order chi connectivity index (χ0) is 16.1. The maximum Gasteiger partial charge on any atom is 0.253 e. The Morgan fingerprint density at radius 2 is 2.09 bits per heavy atom. The van der Waals surface area contributed by atoms with Crippen LogP contribution in [-0.2, 0) is 6.54 Å². The van der Waals surface area contributed by atoms with Crippen molar-refractivity contribution < 1.29 is 9.53 Å². The number of benzene rings is 2. The fourth-order valence-corrected chi connectivity index (χ4v) is 2.20. The minimum absolute atomic E-state index is 0.195. The SMILES string of the molecule is COc1cccc(CNC(=O)c2ccccc2-n2cnnn2)c1. The van der Waals surface area contributed by atoms with Gasteiger partial charge in [0.2, 0.25) is 0 Å². The Hall–Kier alpha value is -3.22. The van der Waals surface area contributed by atoms with E-state index < -0.39 is 0 Å². The summed E-state index contributed by atoms with van der Waals surface area (Å²) in [5.74, 6) is 0.560. The van der Waals surface area contributed by atoms with Crippen molar-refractivity contribution in [2.24, 2.45) is 0 Å². The normalized spacial score (nSPS) is 10.3. The molecule has 0 aliphatic heterocycles. The molecule has 3 aromatic rings. The standard InChI is InChI=1S/C16H15N5O2/c1-23-13-6-4-5-12(9-13)10-17-16(22)14-7-2-3-8-15(14)21-11-18-19-20-21/h2-9,11H,10H2,1H3,(H,17,22). The van der Waals surface area contributed by atoms with Crippen LogP contribution in [0, 0.1) is 0 Å². The van der Waals surface area contributed by atoms with E-state index in [2.05, 4.69) is 20.8 Å².